The number of benzene rings is 2. The molecule has 0 aromatic heterocycles. The third-order valence-electron chi connectivity index (χ3n) is 3.99. The fourth-order valence-electron chi connectivity index (χ4n) is 2.86. The summed E-state index contributed by atoms with van der Waals surface area (Å²) in [5.74, 6) is -2.06. The second kappa shape index (κ2) is 8.98. The lowest BCUT2D eigenvalue weighted by molar-refractivity contribution is 0.0955. The molecule has 1 N–H and O–H groups in total. The van der Waals surface area contributed by atoms with E-state index in [1.165, 1.54) is 0 Å². The van der Waals surface area contributed by atoms with Crippen LogP contribution in [-0.4, -0.2) is 33.7 Å². The van der Waals surface area contributed by atoms with Crippen molar-refractivity contribution in [2.24, 2.45) is 0 Å². The number of rotatable bonds is 7. The molecule has 2 aromatic carbocycles. The van der Waals surface area contributed by atoms with Gasteiger partial charge in [0.25, 0.3) is 16.0 Å². The van der Waals surface area contributed by atoms with E-state index in [4.69, 9.17) is 15.8 Å². The van der Waals surface area contributed by atoms with Crippen LogP contribution in [0.4, 0.5) is 8.78 Å². The zero-order valence-corrected chi connectivity index (χ0v) is 17.2. The van der Waals surface area contributed by atoms with E-state index in [2.05, 4.69) is 5.32 Å². The van der Waals surface area contributed by atoms with Crippen molar-refractivity contribution in [3.05, 3.63) is 57.6 Å². The smallest absolute Gasteiger partial charge is 0.264 e. The van der Waals surface area contributed by atoms with Gasteiger partial charge in [-0.1, -0.05) is 11.6 Å². The molecule has 0 bridgehead atoms. The van der Waals surface area contributed by atoms with Crippen LogP contribution in [0.2, 0.25) is 5.02 Å². The second-order valence-electron chi connectivity index (χ2n) is 6.19. The van der Waals surface area contributed by atoms with Gasteiger partial charge in [-0.3, -0.25) is 8.98 Å². The summed E-state index contributed by atoms with van der Waals surface area (Å²) in [6.07, 6.45) is 0.977. The van der Waals surface area contributed by atoms with Crippen molar-refractivity contribution in [3.63, 3.8) is 0 Å². The Morgan fingerprint density at radius 3 is 2.32 bits per heavy atom. The monoisotopic (exact) mass is 431 g/mol. The average molecular weight is 432 g/mol. The molecule has 2 rings (SSSR count). The lowest BCUT2D eigenvalue weighted by Crippen LogP contribution is -2.25. The van der Waals surface area contributed by atoms with E-state index in [9.17, 15) is 22.0 Å². The number of amides is 1. The highest BCUT2D eigenvalue weighted by Crippen LogP contribution is 2.35. The van der Waals surface area contributed by atoms with Crippen LogP contribution in [0.5, 0.6) is 0 Å². The van der Waals surface area contributed by atoms with Crippen LogP contribution in [-0.2, 0) is 20.7 Å². The Kier molecular flexibility index (Phi) is 7.14. The molecular formula is C19H20ClF2NO4S. The molecule has 152 valence electrons. The van der Waals surface area contributed by atoms with E-state index in [0.717, 1.165) is 24.5 Å². The van der Waals surface area contributed by atoms with E-state index in [0.29, 0.717) is 17.7 Å². The minimum atomic E-state index is -3.67. The highest BCUT2D eigenvalue weighted by molar-refractivity contribution is 7.85. The van der Waals surface area contributed by atoms with Crippen molar-refractivity contribution >= 4 is 27.6 Å². The topological polar surface area (TPSA) is 72.5 Å². The number of hydrogen-bond acceptors (Lipinski definition) is 4. The Morgan fingerprint density at radius 1 is 1.18 bits per heavy atom. The van der Waals surface area contributed by atoms with Crippen molar-refractivity contribution in [3.8, 4) is 11.1 Å². The molecule has 28 heavy (non-hydrogen) atoms. The van der Waals surface area contributed by atoms with E-state index in [1.807, 2.05) is 0 Å². The van der Waals surface area contributed by atoms with Crippen molar-refractivity contribution in [1.29, 1.82) is 0 Å². The molecule has 0 aliphatic rings. The van der Waals surface area contributed by atoms with Gasteiger partial charge in [0, 0.05) is 17.6 Å². The van der Waals surface area contributed by atoms with Crippen LogP contribution >= 0.6 is 11.6 Å². The van der Waals surface area contributed by atoms with E-state index >= 15 is 0 Å². The van der Waals surface area contributed by atoms with Gasteiger partial charge in [0.1, 0.15) is 11.6 Å². The fourth-order valence-corrected chi connectivity index (χ4v) is 3.47. The average Bonchev–Trinajstić information content (AvgIpc) is 2.55. The quantitative estimate of drug-likeness (QED) is 0.675. The summed E-state index contributed by atoms with van der Waals surface area (Å²) < 4.78 is 54.9. The summed E-state index contributed by atoms with van der Waals surface area (Å²) in [7, 11) is -3.67. The standard InChI is InChI=1S/C19H20ClF2NO4S/c1-4-23-19(24)17-11(2)16(20)9-12(5-6-27-28(3,25)26)18(17)13-7-14(21)10-15(22)8-13/h7-10H,4-6H2,1-3H3,(H,23,24). The molecule has 0 fully saturated rings. The highest BCUT2D eigenvalue weighted by Gasteiger charge is 2.22. The Morgan fingerprint density at radius 2 is 1.79 bits per heavy atom. The maximum Gasteiger partial charge on any atom is 0.264 e. The van der Waals surface area contributed by atoms with Gasteiger partial charge in [0.2, 0.25) is 0 Å². The maximum absolute atomic E-state index is 13.8. The molecule has 0 saturated carbocycles. The molecule has 2 aromatic rings. The first-order chi connectivity index (χ1) is 13.0. The number of halogens is 3. The lowest BCUT2D eigenvalue weighted by atomic mass is 9.89. The van der Waals surface area contributed by atoms with Crippen LogP contribution in [0.3, 0.4) is 0 Å². The Labute approximate surface area is 167 Å². The number of nitrogens with one attached hydrogen (secondary N) is 1. The summed E-state index contributed by atoms with van der Waals surface area (Å²) in [5, 5.41) is 2.94. The van der Waals surface area contributed by atoms with E-state index in [-0.39, 0.29) is 34.7 Å². The van der Waals surface area contributed by atoms with Crippen LogP contribution in [0.25, 0.3) is 11.1 Å². The molecule has 0 radical (unpaired) electrons. The van der Waals surface area contributed by atoms with Gasteiger partial charge in [-0.2, -0.15) is 8.42 Å². The summed E-state index contributed by atoms with van der Waals surface area (Å²) in [6, 6.07) is 4.48. The van der Waals surface area contributed by atoms with Gasteiger partial charge in [0.15, 0.2) is 0 Å². The highest BCUT2D eigenvalue weighted by atomic mass is 35.5. The molecule has 0 heterocycles. The Hall–Kier alpha value is -2.03. The Balaban J connectivity index is 2.70. The minimum absolute atomic E-state index is 0.0624. The van der Waals surface area contributed by atoms with Gasteiger partial charge < -0.3 is 5.32 Å². The van der Waals surface area contributed by atoms with Crippen molar-refractivity contribution in [2.75, 3.05) is 19.4 Å². The fraction of sp³-hybridized carbons (Fsp3) is 0.316. The molecule has 0 unspecified atom stereocenters. The predicted molar refractivity (Wildman–Crippen MR) is 104 cm³/mol. The van der Waals surface area contributed by atoms with Gasteiger partial charge in [0.05, 0.1) is 18.4 Å². The van der Waals surface area contributed by atoms with E-state index in [1.54, 1.807) is 19.9 Å². The van der Waals surface area contributed by atoms with Crippen LogP contribution < -0.4 is 5.32 Å². The molecule has 0 saturated heterocycles. The third kappa shape index (κ3) is 5.50. The largest absolute Gasteiger partial charge is 0.352 e. The summed E-state index contributed by atoms with van der Waals surface area (Å²) in [4.78, 5) is 12.7. The molecule has 0 spiro atoms. The zero-order valence-electron chi connectivity index (χ0n) is 15.6. The minimum Gasteiger partial charge on any atom is -0.352 e. The first-order valence-corrected chi connectivity index (χ1v) is 10.6. The van der Waals surface area contributed by atoms with Gasteiger partial charge >= 0.3 is 0 Å². The maximum atomic E-state index is 13.8. The third-order valence-corrected chi connectivity index (χ3v) is 4.98. The summed E-state index contributed by atoms with van der Waals surface area (Å²) in [5.41, 5.74) is 1.48. The predicted octanol–water partition coefficient (Wildman–Crippen LogP) is 3.86. The first-order valence-electron chi connectivity index (χ1n) is 8.44. The first kappa shape index (κ1) is 22.3. The van der Waals surface area contributed by atoms with Crippen LogP contribution in [0.15, 0.2) is 24.3 Å². The number of carbonyl (C=O) groups excluding carboxylic acids is 1. The lowest BCUT2D eigenvalue weighted by Gasteiger charge is -2.19. The molecule has 0 aliphatic carbocycles. The van der Waals surface area contributed by atoms with Crippen molar-refractivity contribution in [1.82, 2.24) is 5.32 Å². The normalized spacial score (nSPS) is 11.5. The van der Waals surface area contributed by atoms with Crippen LogP contribution in [0.1, 0.15) is 28.4 Å². The Bertz CT molecular complexity index is 989. The zero-order chi connectivity index (χ0) is 21.1. The van der Waals surface area contributed by atoms with Gasteiger partial charge in [-0.25, -0.2) is 8.78 Å². The van der Waals surface area contributed by atoms with Crippen molar-refractivity contribution < 1.29 is 26.2 Å². The molecule has 1 amide bonds. The molecule has 9 heteroatoms. The molecular weight excluding hydrogens is 412 g/mol. The van der Waals surface area contributed by atoms with Gasteiger partial charge in [-0.15, -0.1) is 0 Å². The van der Waals surface area contributed by atoms with Crippen LogP contribution in [0, 0.1) is 18.6 Å². The molecule has 5 nitrogen and oxygen atoms in total. The number of hydrogen-bond donors (Lipinski definition) is 1. The van der Waals surface area contributed by atoms with E-state index < -0.39 is 27.7 Å². The van der Waals surface area contributed by atoms with Gasteiger partial charge in [-0.05, 0) is 60.7 Å². The number of carbonyl (C=O) groups is 1. The summed E-state index contributed by atoms with van der Waals surface area (Å²) in [6.45, 7) is 3.50. The summed E-state index contributed by atoms with van der Waals surface area (Å²) >= 11 is 6.27. The van der Waals surface area contributed by atoms with Crippen molar-refractivity contribution in [2.45, 2.75) is 20.3 Å². The molecule has 0 aliphatic heterocycles. The molecule has 0 atom stereocenters. The SMILES string of the molecule is CCNC(=O)c1c(C)c(Cl)cc(CCOS(C)(=O)=O)c1-c1cc(F)cc(F)c1. The second-order valence-corrected chi connectivity index (χ2v) is 8.24.